The summed E-state index contributed by atoms with van der Waals surface area (Å²) in [4.78, 5) is 12.6. The number of aryl methyl sites for hydroxylation is 2. The van der Waals surface area contributed by atoms with Crippen molar-refractivity contribution in [3.63, 3.8) is 0 Å². The summed E-state index contributed by atoms with van der Waals surface area (Å²) in [5.41, 5.74) is 9.85. The topological polar surface area (TPSA) is 70.2 Å². The molecule has 33 heavy (non-hydrogen) atoms. The first kappa shape index (κ1) is 19.4. The normalized spacial score (nSPS) is 11.5. The molecule has 0 saturated carbocycles. The van der Waals surface area contributed by atoms with Crippen LogP contribution in [0.15, 0.2) is 73.1 Å². The molecular weight excluding hydrogens is 413 g/mol. The highest BCUT2D eigenvalue weighted by atomic mass is 19.1. The number of pyridine rings is 2. The molecule has 0 spiro atoms. The fraction of sp³-hybridized carbons (Fsp3) is 0.0741. The van der Waals surface area contributed by atoms with E-state index in [1.807, 2.05) is 62.5 Å². The molecule has 2 aromatic carbocycles. The molecule has 0 unspecified atom stereocenters. The van der Waals surface area contributed by atoms with Gasteiger partial charge < -0.3 is 4.98 Å². The molecule has 6 heteroatoms. The summed E-state index contributed by atoms with van der Waals surface area (Å²) >= 11 is 0. The van der Waals surface area contributed by atoms with Gasteiger partial charge in [-0.2, -0.15) is 5.10 Å². The zero-order valence-electron chi connectivity index (χ0n) is 18.1. The van der Waals surface area contributed by atoms with Gasteiger partial charge in [0.15, 0.2) is 0 Å². The van der Waals surface area contributed by atoms with Crippen molar-refractivity contribution in [3.8, 4) is 33.8 Å². The molecule has 0 aliphatic carbocycles. The minimum atomic E-state index is -0.238. The fourth-order valence-corrected chi connectivity index (χ4v) is 4.40. The van der Waals surface area contributed by atoms with E-state index in [-0.39, 0.29) is 5.82 Å². The van der Waals surface area contributed by atoms with Gasteiger partial charge in [0.2, 0.25) is 0 Å². The summed E-state index contributed by atoms with van der Waals surface area (Å²) in [6, 6.07) is 19.1. The summed E-state index contributed by atoms with van der Waals surface area (Å²) in [7, 11) is 0. The fourth-order valence-electron chi connectivity index (χ4n) is 4.40. The Bertz CT molecular complexity index is 1640. The molecular formula is C27H20FN5. The Morgan fingerprint density at radius 3 is 2.64 bits per heavy atom. The third-order valence-corrected chi connectivity index (χ3v) is 6.00. The zero-order chi connectivity index (χ0) is 22.5. The van der Waals surface area contributed by atoms with Gasteiger partial charge in [-0.05, 0) is 78.6 Å². The summed E-state index contributed by atoms with van der Waals surface area (Å²) in [6.07, 6.45) is 3.61. The highest BCUT2D eigenvalue weighted by Crippen LogP contribution is 2.35. The maximum absolute atomic E-state index is 14.1. The number of hydrogen-bond donors (Lipinski definition) is 2. The average molecular weight is 433 g/mol. The quantitative estimate of drug-likeness (QED) is 0.331. The molecule has 0 saturated heterocycles. The molecule has 0 aliphatic rings. The van der Waals surface area contributed by atoms with Gasteiger partial charge in [-0.3, -0.25) is 10.1 Å². The third kappa shape index (κ3) is 3.27. The van der Waals surface area contributed by atoms with Crippen molar-refractivity contribution in [2.24, 2.45) is 0 Å². The van der Waals surface area contributed by atoms with E-state index in [1.54, 1.807) is 12.3 Å². The van der Waals surface area contributed by atoms with Crippen molar-refractivity contribution in [1.29, 1.82) is 0 Å². The number of H-pyrrole nitrogens is 2. The van der Waals surface area contributed by atoms with Crippen molar-refractivity contribution < 1.29 is 4.39 Å². The number of aromatic amines is 2. The number of rotatable bonds is 3. The first-order valence-corrected chi connectivity index (χ1v) is 10.7. The van der Waals surface area contributed by atoms with Crippen LogP contribution in [0.25, 0.3) is 55.7 Å². The molecule has 6 aromatic rings. The second kappa shape index (κ2) is 7.38. The summed E-state index contributed by atoms with van der Waals surface area (Å²) in [6.45, 7) is 3.95. The lowest BCUT2D eigenvalue weighted by Crippen LogP contribution is -1.89. The lowest BCUT2D eigenvalue weighted by molar-refractivity contribution is 0.627. The number of benzene rings is 2. The van der Waals surface area contributed by atoms with E-state index in [9.17, 15) is 4.39 Å². The van der Waals surface area contributed by atoms with E-state index in [1.165, 1.54) is 6.07 Å². The van der Waals surface area contributed by atoms with Gasteiger partial charge in [0.25, 0.3) is 0 Å². The van der Waals surface area contributed by atoms with E-state index >= 15 is 0 Å². The first-order valence-electron chi connectivity index (χ1n) is 10.7. The van der Waals surface area contributed by atoms with Crippen LogP contribution in [0.4, 0.5) is 4.39 Å². The van der Waals surface area contributed by atoms with Crippen molar-refractivity contribution >= 4 is 21.9 Å². The van der Waals surface area contributed by atoms with Crippen LogP contribution in [0.2, 0.25) is 0 Å². The molecule has 0 amide bonds. The third-order valence-electron chi connectivity index (χ3n) is 6.00. The van der Waals surface area contributed by atoms with Crippen LogP contribution in [0.1, 0.15) is 11.1 Å². The van der Waals surface area contributed by atoms with Crippen LogP contribution >= 0.6 is 0 Å². The van der Waals surface area contributed by atoms with Crippen LogP contribution in [0.3, 0.4) is 0 Å². The van der Waals surface area contributed by atoms with E-state index in [0.29, 0.717) is 0 Å². The molecule has 0 aliphatic heterocycles. The number of nitrogens with zero attached hydrogens (tertiary/aromatic N) is 3. The van der Waals surface area contributed by atoms with Crippen molar-refractivity contribution in [2.45, 2.75) is 13.8 Å². The van der Waals surface area contributed by atoms with Crippen LogP contribution in [0, 0.1) is 19.7 Å². The van der Waals surface area contributed by atoms with Crippen LogP contribution in [-0.4, -0.2) is 25.1 Å². The molecule has 4 aromatic heterocycles. The summed E-state index contributed by atoms with van der Waals surface area (Å²) < 4.78 is 14.1. The van der Waals surface area contributed by atoms with Gasteiger partial charge in [-0.15, -0.1) is 0 Å². The number of aromatic nitrogens is 5. The Labute approximate surface area is 189 Å². The van der Waals surface area contributed by atoms with E-state index in [0.717, 1.165) is 66.8 Å². The molecule has 0 radical (unpaired) electrons. The molecule has 0 fully saturated rings. The van der Waals surface area contributed by atoms with E-state index in [4.69, 9.17) is 4.98 Å². The first-order chi connectivity index (χ1) is 16.1. The predicted octanol–water partition coefficient (Wildman–Crippen LogP) is 6.59. The van der Waals surface area contributed by atoms with Gasteiger partial charge in [0.05, 0.1) is 16.9 Å². The highest BCUT2D eigenvalue weighted by molar-refractivity contribution is 6.00. The summed E-state index contributed by atoms with van der Waals surface area (Å²) in [5.74, 6) is -0.238. The molecule has 0 atom stereocenters. The smallest absolute Gasteiger partial charge is 0.135 e. The van der Waals surface area contributed by atoms with Gasteiger partial charge >= 0.3 is 0 Å². The summed E-state index contributed by atoms with van der Waals surface area (Å²) in [5, 5.41) is 8.65. The van der Waals surface area contributed by atoms with Crippen LogP contribution in [0.5, 0.6) is 0 Å². The van der Waals surface area contributed by atoms with Crippen LogP contribution < -0.4 is 0 Å². The maximum Gasteiger partial charge on any atom is 0.135 e. The molecule has 160 valence electrons. The zero-order valence-corrected chi connectivity index (χ0v) is 18.1. The van der Waals surface area contributed by atoms with Crippen molar-refractivity contribution in [1.82, 2.24) is 25.1 Å². The number of nitrogens with one attached hydrogen (secondary N) is 2. The Morgan fingerprint density at radius 2 is 1.79 bits per heavy atom. The molecule has 5 nitrogen and oxygen atoms in total. The van der Waals surface area contributed by atoms with Gasteiger partial charge in [-0.1, -0.05) is 18.2 Å². The lowest BCUT2D eigenvalue weighted by atomic mass is 10.00. The van der Waals surface area contributed by atoms with Gasteiger partial charge in [-0.25, -0.2) is 9.37 Å². The molecule has 0 bridgehead atoms. The maximum atomic E-state index is 14.1. The second-order valence-corrected chi connectivity index (χ2v) is 8.32. The minimum absolute atomic E-state index is 0.238. The predicted molar refractivity (Wildman–Crippen MR) is 129 cm³/mol. The number of hydrogen-bond acceptors (Lipinski definition) is 3. The Morgan fingerprint density at radius 1 is 0.879 bits per heavy atom. The molecule has 6 rings (SSSR count). The van der Waals surface area contributed by atoms with Gasteiger partial charge in [0, 0.05) is 28.9 Å². The van der Waals surface area contributed by atoms with E-state index < -0.39 is 0 Å². The molecule has 2 N–H and O–H groups in total. The monoisotopic (exact) mass is 433 g/mol. The molecule has 4 heterocycles. The van der Waals surface area contributed by atoms with Crippen molar-refractivity contribution in [2.75, 3.05) is 0 Å². The lowest BCUT2D eigenvalue weighted by Gasteiger charge is -2.05. The van der Waals surface area contributed by atoms with E-state index in [2.05, 4.69) is 26.2 Å². The number of halogens is 1. The Kier molecular flexibility index (Phi) is 4.33. The average Bonchev–Trinajstić information content (AvgIpc) is 3.42. The highest BCUT2D eigenvalue weighted by Gasteiger charge is 2.16. The standard InChI is InChI=1S/C27H20FN5/c1-15-10-17(12-18(28)11-15)19-4-3-5-22-20(19)13-25(30-22)27-26-24(32-33-27)7-6-23(31-26)21-14-29-9-8-16(21)2/h3-14,30H,1-2H3,(H,32,33). The second-order valence-electron chi connectivity index (χ2n) is 8.32. The van der Waals surface area contributed by atoms with Crippen molar-refractivity contribution in [3.05, 3.63) is 90.0 Å². The largest absolute Gasteiger partial charge is 0.353 e. The Hall–Kier alpha value is -4.32. The minimum Gasteiger partial charge on any atom is -0.353 e. The van der Waals surface area contributed by atoms with Crippen LogP contribution in [-0.2, 0) is 0 Å². The van der Waals surface area contributed by atoms with Gasteiger partial charge in [0.1, 0.15) is 17.0 Å². The number of fused-ring (bicyclic) bond motifs is 2. The SMILES string of the molecule is Cc1cc(F)cc(-c2cccc3[nH]c(-c4n[nH]c5ccc(-c6cnccc6C)nc45)cc23)c1. The Balaban J connectivity index is 1.52.